The number of nitrogens with zero attached hydrogens (tertiary/aromatic N) is 2. The number of carbonyl (C=O) groups is 2. The largest absolute Gasteiger partial charge is 0.311 e. The van der Waals surface area contributed by atoms with Crippen LogP contribution in [0.2, 0.25) is 0 Å². The van der Waals surface area contributed by atoms with Gasteiger partial charge in [0.1, 0.15) is 5.70 Å². The van der Waals surface area contributed by atoms with Crippen molar-refractivity contribution in [1.82, 2.24) is 14.8 Å². The van der Waals surface area contributed by atoms with Gasteiger partial charge in [0.15, 0.2) is 0 Å². The lowest BCUT2D eigenvalue weighted by Crippen LogP contribution is -2.25. The molecule has 0 saturated carbocycles. The van der Waals surface area contributed by atoms with Crippen molar-refractivity contribution in [2.24, 2.45) is 0 Å². The number of guanidine groups is 1. The van der Waals surface area contributed by atoms with Crippen molar-refractivity contribution in [3.05, 3.63) is 40.1 Å². The molecule has 0 unspecified atom stereocenters. The normalized spacial score (nSPS) is 16.5. The molecule has 1 aromatic heterocycles. The summed E-state index contributed by atoms with van der Waals surface area (Å²) in [5.74, 6) is -0.301. The molecule has 23 heavy (non-hydrogen) atoms. The van der Waals surface area contributed by atoms with Crippen LogP contribution in [0.25, 0.3) is 17.0 Å². The minimum absolute atomic E-state index is 0.0188. The third-order valence-corrected chi connectivity index (χ3v) is 4.32. The number of carbonyl (C=O) groups excluding carboxylic acids is 2. The summed E-state index contributed by atoms with van der Waals surface area (Å²) in [5, 5.41) is 11.0. The van der Waals surface area contributed by atoms with E-state index in [1.54, 1.807) is 23.9 Å². The fourth-order valence-corrected chi connectivity index (χ4v) is 2.90. The van der Waals surface area contributed by atoms with E-state index in [4.69, 9.17) is 5.41 Å². The fourth-order valence-electron chi connectivity index (χ4n) is 2.56. The van der Waals surface area contributed by atoms with Gasteiger partial charge in [0.05, 0.1) is 5.52 Å². The summed E-state index contributed by atoms with van der Waals surface area (Å²) in [7, 11) is 1.65. The Bertz CT molecular complexity index is 882. The van der Waals surface area contributed by atoms with Crippen LogP contribution in [0.5, 0.6) is 0 Å². The third-order valence-electron chi connectivity index (χ3n) is 3.82. The maximum Gasteiger partial charge on any atom is 0.274 e. The Kier molecular flexibility index (Phi) is 3.81. The summed E-state index contributed by atoms with van der Waals surface area (Å²) in [6, 6.07) is 5.68. The highest BCUT2D eigenvalue weighted by atomic mass is 79.9. The van der Waals surface area contributed by atoms with Crippen molar-refractivity contribution in [2.45, 2.75) is 13.3 Å². The molecular weight excluding hydrogens is 360 g/mol. The van der Waals surface area contributed by atoms with Gasteiger partial charge >= 0.3 is 0 Å². The quantitative estimate of drug-likeness (QED) is 0.793. The molecular formula is C16H15BrN4O2. The molecule has 2 aromatic rings. The Morgan fingerprint density at radius 2 is 2.17 bits per heavy atom. The Balaban J connectivity index is 2.21. The number of nitrogens with one attached hydrogen (secondary N) is 2. The predicted molar refractivity (Wildman–Crippen MR) is 92.2 cm³/mol. The van der Waals surface area contributed by atoms with Crippen LogP contribution in [0.1, 0.15) is 23.7 Å². The maximum absolute atomic E-state index is 12.2. The number of hydrogen-bond donors (Lipinski definition) is 2. The Morgan fingerprint density at radius 1 is 1.43 bits per heavy atom. The van der Waals surface area contributed by atoms with Gasteiger partial charge in [0, 0.05) is 35.1 Å². The molecule has 0 spiro atoms. The summed E-state index contributed by atoms with van der Waals surface area (Å²) < 4.78 is 2.48. The molecule has 3 rings (SSSR count). The van der Waals surface area contributed by atoms with Gasteiger partial charge in [-0.2, -0.15) is 0 Å². The molecule has 6 nitrogen and oxygen atoms in total. The van der Waals surface area contributed by atoms with E-state index < -0.39 is 0 Å². The molecule has 2 heterocycles. The van der Waals surface area contributed by atoms with Gasteiger partial charge in [-0.05, 0) is 18.2 Å². The van der Waals surface area contributed by atoms with Crippen molar-refractivity contribution < 1.29 is 9.59 Å². The molecule has 0 radical (unpaired) electrons. The molecule has 0 aliphatic carbocycles. The van der Waals surface area contributed by atoms with E-state index in [2.05, 4.69) is 21.2 Å². The SMILES string of the molecule is CCC(=O)n1cc(/C=C2\C(=O)NC(=N)N2C)c2ccc(Br)cc21. The monoisotopic (exact) mass is 374 g/mol. The topological polar surface area (TPSA) is 78.2 Å². The predicted octanol–water partition coefficient (Wildman–Crippen LogP) is 2.79. The first-order valence-electron chi connectivity index (χ1n) is 7.11. The molecule has 1 saturated heterocycles. The van der Waals surface area contributed by atoms with Crippen molar-refractivity contribution in [2.75, 3.05) is 7.05 Å². The number of halogens is 1. The highest BCUT2D eigenvalue weighted by Crippen LogP contribution is 2.28. The van der Waals surface area contributed by atoms with Crippen molar-refractivity contribution in [3.63, 3.8) is 0 Å². The van der Waals surface area contributed by atoms with Crippen LogP contribution in [-0.2, 0) is 4.79 Å². The number of benzene rings is 1. The van der Waals surface area contributed by atoms with Crippen LogP contribution in [0.15, 0.2) is 34.6 Å². The fraction of sp³-hybridized carbons (Fsp3) is 0.188. The standard InChI is InChI=1S/C16H15BrN4O2/c1-3-14(22)21-8-9(11-5-4-10(17)7-12(11)21)6-13-15(23)19-16(18)20(13)2/h4-8H,3H2,1-2H3,(H2,18,19,23)/b13-6+. The van der Waals surface area contributed by atoms with Crippen LogP contribution >= 0.6 is 15.9 Å². The first-order valence-corrected chi connectivity index (χ1v) is 7.90. The number of amides is 1. The van der Waals surface area contributed by atoms with E-state index in [0.29, 0.717) is 12.1 Å². The molecule has 2 N–H and O–H groups in total. The van der Waals surface area contributed by atoms with Crippen LogP contribution in [0.3, 0.4) is 0 Å². The minimum Gasteiger partial charge on any atom is -0.311 e. The molecule has 1 aromatic carbocycles. The lowest BCUT2D eigenvalue weighted by atomic mass is 10.1. The molecule has 0 atom stereocenters. The smallest absolute Gasteiger partial charge is 0.274 e. The third kappa shape index (κ3) is 2.57. The maximum atomic E-state index is 12.2. The second kappa shape index (κ2) is 5.66. The Hall–Kier alpha value is -2.41. The first-order chi connectivity index (χ1) is 10.9. The average Bonchev–Trinajstić information content (AvgIpc) is 2.99. The van der Waals surface area contributed by atoms with Gasteiger partial charge in [-0.1, -0.05) is 28.9 Å². The molecule has 1 fully saturated rings. The van der Waals surface area contributed by atoms with E-state index in [9.17, 15) is 9.59 Å². The number of fused-ring (bicyclic) bond motifs is 1. The van der Waals surface area contributed by atoms with Gasteiger partial charge in [-0.15, -0.1) is 0 Å². The van der Waals surface area contributed by atoms with Crippen LogP contribution in [0, 0.1) is 5.41 Å². The molecule has 1 amide bonds. The van der Waals surface area contributed by atoms with Crippen molar-refractivity contribution in [1.29, 1.82) is 5.41 Å². The molecule has 118 valence electrons. The van der Waals surface area contributed by atoms with Gasteiger partial charge in [0.25, 0.3) is 5.91 Å². The lowest BCUT2D eigenvalue weighted by molar-refractivity contribution is -0.115. The first kappa shape index (κ1) is 15.5. The zero-order valence-electron chi connectivity index (χ0n) is 12.7. The molecule has 1 aliphatic heterocycles. The zero-order valence-corrected chi connectivity index (χ0v) is 14.3. The summed E-state index contributed by atoms with van der Waals surface area (Å²) in [6.07, 6.45) is 3.82. The molecule has 0 bridgehead atoms. The average molecular weight is 375 g/mol. The van der Waals surface area contributed by atoms with Gasteiger partial charge < -0.3 is 4.90 Å². The van der Waals surface area contributed by atoms with E-state index in [1.165, 1.54) is 4.90 Å². The van der Waals surface area contributed by atoms with Crippen LogP contribution < -0.4 is 5.32 Å². The Labute approximate surface area is 141 Å². The lowest BCUT2D eigenvalue weighted by Gasteiger charge is -2.08. The summed E-state index contributed by atoms with van der Waals surface area (Å²) in [4.78, 5) is 25.6. The molecule has 7 heteroatoms. The van der Waals surface area contributed by atoms with Gasteiger partial charge in [-0.25, -0.2) is 0 Å². The van der Waals surface area contributed by atoms with E-state index >= 15 is 0 Å². The zero-order chi connectivity index (χ0) is 16.7. The van der Waals surface area contributed by atoms with E-state index in [-0.39, 0.29) is 17.8 Å². The minimum atomic E-state index is -0.322. The van der Waals surface area contributed by atoms with Crippen LogP contribution in [-0.4, -0.2) is 34.3 Å². The highest BCUT2D eigenvalue weighted by molar-refractivity contribution is 9.10. The second-order valence-corrected chi connectivity index (χ2v) is 6.17. The van der Waals surface area contributed by atoms with Crippen molar-refractivity contribution in [3.8, 4) is 0 Å². The summed E-state index contributed by atoms with van der Waals surface area (Å²) >= 11 is 3.42. The van der Waals surface area contributed by atoms with Gasteiger partial charge in [0.2, 0.25) is 11.9 Å². The van der Waals surface area contributed by atoms with Crippen molar-refractivity contribution >= 4 is 50.7 Å². The number of aromatic nitrogens is 1. The van der Waals surface area contributed by atoms with Crippen LogP contribution in [0.4, 0.5) is 0 Å². The van der Waals surface area contributed by atoms with E-state index in [1.807, 2.05) is 25.1 Å². The second-order valence-electron chi connectivity index (χ2n) is 5.25. The molecule has 1 aliphatic rings. The highest BCUT2D eigenvalue weighted by Gasteiger charge is 2.27. The summed E-state index contributed by atoms with van der Waals surface area (Å²) in [6.45, 7) is 1.81. The Morgan fingerprint density at radius 3 is 2.78 bits per heavy atom. The number of likely N-dealkylation sites (N-methyl/N-ethyl adjacent to an activating group) is 1. The summed E-state index contributed by atoms with van der Waals surface area (Å²) in [5.41, 5.74) is 1.93. The number of hydrogen-bond acceptors (Lipinski definition) is 3. The number of rotatable bonds is 2. The van der Waals surface area contributed by atoms with Gasteiger partial charge in [-0.3, -0.25) is 24.9 Å². The van der Waals surface area contributed by atoms with E-state index in [0.717, 1.165) is 20.9 Å².